The van der Waals surface area contributed by atoms with Crippen molar-refractivity contribution in [3.05, 3.63) is 34.4 Å². The molecule has 0 aliphatic heterocycles. The summed E-state index contributed by atoms with van der Waals surface area (Å²) >= 11 is 0. The Bertz CT molecular complexity index is 845. The lowest BCUT2D eigenvalue weighted by atomic mass is 9.51. The summed E-state index contributed by atoms with van der Waals surface area (Å²) in [6, 6.07) is 7.09. The highest BCUT2D eigenvalue weighted by atomic mass is 32.2. The zero-order chi connectivity index (χ0) is 17.8. The van der Waals surface area contributed by atoms with Crippen LogP contribution >= 0.6 is 0 Å². The average molecular weight is 362 g/mol. The molecular formula is C17H18N2O5S. The van der Waals surface area contributed by atoms with Gasteiger partial charge in [0.05, 0.1) is 27.9 Å². The largest absolute Gasteiger partial charge is 0.297 e. The average Bonchev–Trinajstić information content (AvgIpc) is 2.58. The molecule has 0 spiro atoms. The fourth-order valence-electron chi connectivity index (χ4n) is 5.14. The van der Waals surface area contributed by atoms with E-state index in [0.29, 0.717) is 11.8 Å². The van der Waals surface area contributed by atoms with E-state index in [1.165, 1.54) is 12.1 Å². The number of rotatable bonds is 4. The summed E-state index contributed by atoms with van der Waals surface area (Å²) in [4.78, 5) is 10.0. The first-order valence-corrected chi connectivity index (χ1v) is 9.87. The zero-order valence-electron chi connectivity index (χ0n) is 13.4. The molecule has 4 saturated carbocycles. The van der Waals surface area contributed by atoms with Gasteiger partial charge in [-0.25, -0.2) is 0 Å². The summed E-state index contributed by atoms with van der Waals surface area (Å²) in [5.74, 6) is 0.966. The fraction of sp³-hybridized carbons (Fsp3) is 0.588. The molecule has 4 fully saturated rings. The molecule has 4 aliphatic rings. The minimum absolute atomic E-state index is 0.0333. The SMILES string of the molecule is N#C[C@H]1[C@H]2C[C@H]3C[C@@H](C2)[C@@H](OS(=O)(=O)c2ccc([N+](=O)[O-])cc2)[C@H]1C3. The topological polar surface area (TPSA) is 110 Å². The van der Waals surface area contributed by atoms with Crippen molar-refractivity contribution >= 4 is 15.8 Å². The van der Waals surface area contributed by atoms with E-state index in [1.807, 2.05) is 0 Å². The van der Waals surface area contributed by atoms with Crippen molar-refractivity contribution in [2.24, 2.45) is 29.6 Å². The Kier molecular flexibility index (Phi) is 3.81. The zero-order valence-corrected chi connectivity index (χ0v) is 14.3. The number of hydrogen-bond donors (Lipinski definition) is 0. The third kappa shape index (κ3) is 2.71. The molecule has 7 nitrogen and oxygen atoms in total. The fourth-order valence-corrected chi connectivity index (χ4v) is 6.32. The van der Waals surface area contributed by atoms with Crippen LogP contribution in [0, 0.1) is 51.0 Å². The molecule has 0 radical (unpaired) electrons. The number of non-ortho nitro benzene ring substituents is 1. The second kappa shape index (κ2) is 5.78. The first-order valence-electron chi connectivity index (χ1n) is 8.46. The van der Waals surface area contributed by atoms with Crippen LogP contribution in [-0.2, 0) is 14.3 Å². The molecule has 0 saturated heterocycles. The lowest BCUT2D eigenvalue weighted by molar-refractivity contribution is -0.384. The van der Waals surface area contributed by atoms with Crippen LogP contribution in [0.4, 0.5) is 5.69 Å². The molecule has 5 rings (SSSR count). The van der Waals surface area contributed by atoms with Crippen LogP contribution in [0.15, 0.2) is 29.2 Å². The minimum atomic E-state index is -4.01. The summed E-state index contributed by atoms with van der Waals surface area (Å²) in [6.07, 6.45) is 3.29. The van der Waals surface area contributed by atoms with Crippen LogP contribution in [-0.4, -0.2) is 19.4 Å². The molecule has 132 valence electrons. The van der Waals surface area contributed by atoms with Crippen molar-refractivity contribution in [1.29, 1.82) is 5.26 Å². The normalized spacial score (nSPS) is 36.1. The highest BCUT2D eigenvalue weighted by Gasteiger charge is 2.55. The third-order valence-corrected chi connectivity index (χ3v) is 7.39. The molecule has 25 heavy (non-hydrogen) atoms. The number of nitrogens with zero attached hydrogens (tertiary/aromatic N) is 2. The van der Waals surface area contributed by atoms with Gasteiger partial charge in [0, 0.05) is 18.1 Å². The van der Waals surface area contributed by atoms with Gasteiger partial charge in [-0.05, 0) is 55.6 Å². The maximum absolute atomic E-state index is 12.6. The van der Waals surface area contributed by atoms with Crippen molar-refractivity contribution in [2.75, 3.05) is 0 Å². The van der Waals surface area contributed by atoms with Gasteiger partial charge in [0.1, 0.15) is 0 Å². The Labute approximate surface area is 145 Å². The Hall–Kier alpha value is -1.98. The molecule has 6 atom stereocenters. The highest BCUT2D eigenvalue weighted by Crippen LogP contribution is 2.57. The summed E-state index contributed by atoms with van der Waals surface area (Å²) in [5, 5.41) is 20.2. The number of nitriles is 1. The van der Waals surface area contributed by atoms with Gasteiger partial charge < -0.3 is 0 Å². The summed E-state index contributed by atoms with van der Waals surface area (Å²) in [7, 11) is -4.01. The Balaban J connectivity index is 1.58. The molecule has 0 unspecified atom stereocenters. The monoisotopic (exact) mass is 362 g/mol. The predicted molar refractivity (Wildman–Crippen MR) is 86.7 cm³/mol. The first-order chi connectivity index (χ1) is 11.9. The predicted octanol–water partition coefficient (Wildman–Crippen LogP) is 2.87. The van der Waals surface area contributed by atoms with Crippen LogP contribution in [0.25, 0.3) is 0 Å². The van der Waals surface area contributed by atoms with E-state index >= 15 is 0 Å². The quantitative estimate of drug-likeness (QED) is 0.463. The van der Waals surface area contributed by atoms with Gasteiger partial charge in [0.25, 0.3) is 15.8 Å². The molecular weight excluding hydrogens is 344 g/mol. The van der Waals surface area contributed by atoms with Gasteiger partial charge in [-0.3, -0.25) is 14.3 Å². The van der Waals surface area contributed by atoms with E-state index < -0.39 is 21.1 Å². The van der Waals surface area contributed by atoms with Gasteiger partial charge in [-0.1, -0.05) is 0 Å². The Morgan fingerprint density at radius 3 is 2.44 bits per heavy atom. The Morgan fingerprint density at radius 2 is 1.80 bits per heavy atom. The molecule has 4 bridgehead atoms. The lowest BCUT2D eigenvalue weighted by Gasteiger charge is -2.55. The van der Waals surface area contributed by atoms with E-state index in [4.69, 9.17) is 4.18 Å². The van der Waals surface area contributed by atoms with E-state index in [1.54, 1.807) is 0 Å². The van der Waals surface area contributed by atoms with Crippen LogP contribution < -0.4 is 0 Å². The van der Waals surface area contributed by atoms with Gasteiger partial charge in [-0.2, -0.15) is 13.7 Å². The van der Waals surface area contributed by atoms with Crippen molar-refractivity contribution in [1.82, 2.24) is 0 Å². The number of hydrogen-bond acceptors (Lipinski definition) is 6. The summed E-state index contributed by atoms with van der Waals surface area (Å²) in [5.41, 5.74) is -0.168. The number of nitro groups is 1. The van der Waals surface area contributed by atoms with Crippen LogP contribution in [0.3, 0.4) is 0 Å². The van der Waals surface area contributed by atoms with E-state index in [2.05, 4.69) is 6.07 Å². The van der Waals surface area contributed by atoms with Crippen molar-refractivity contribution in [3.8, 4) is 6.07 Å². The van der Waals surface area contributed by atoms with Gasteiger partial charge in [-0.15, -0.1) is 0 Å². The van der Waals surface area contributed by atoms with Crippen LogP contribution in [0.5, 0.6) is 0 Å². The maximum Gasteiger partial charge on any atom is 0.297 e. The molecule has 0 heterocycles. The van der Waals surface area contributed by atoms with Crippen LogP contribution in [0.1, 0.15) is 25.7 Å². The molecule has 4 aliphatic carbocycles. The second-order valence-electron chi connectivity index (χ2n) is 7.41. The maximum atomic E-state index is 12.6. The van der Waals surface area contributed by atoms with E-state index in [0.717, 1.165) is 37.8 Å². The van der Waals surface area contributed by atoms with Gasteiger partial charge in [0.2, 0.25) is 0 Å². The molecule has 8 heteroatoms. The standard InChI is InChI=1S/C17H18N2O5S/c18-9-16-11-5-10-6-12(8-11)17(15(16)7-10)24-25(22,23)14-3-1-13(2-4-14)19(20)21/h1-4,10-12,15-17H,5-8H2/t10-,11-,12-,15-,16-,17+/m0/s1. The molecule has 1 aromatic carbocycles. The number of benzene rings is 1. The second-order valence-corrected chi connectivity index (χ2v) is 8.99. The van der Waals surface area contributed by atoms with Crippen molar-refractivity contribution in [2.45, 2.75) is 36.7 Å². The van der Waals surface area contributed by atoms with Gasteiger partial charge >= 0.3 is 0 Å². The molecule has 1 aromatic rings. The van der Waals surface area contributed by atoms with Crippen molar-refractivity contribution in [3.63, 3.8) is 0 Å². The van der Waals surface area contributed by atoms with Crippen molar-refractivity contribution < 1.29 is 17.5 Å². The molecule has 0 amide bonds. The Morgan fingerprint density at radius 1 is 1.12 bits per heavy atom. The summed E-state index contributed by atoms with van der Waals surface area (Å²) in [6.45, 7) is 0. The first kappa shape index (κ1) is 16.5. The summed E-state index contributed by atoms with van der Waals surface area (Å²) < 4.78 is 30.8. The van der Waals surface area contributed by atoms with Crippen LogP contribution in [0.2, 0.25) is 0 Å². The molecule has 0 N–H and O–H groups in total. The third-order valence-electron chi connectivity index (χ3n) is 6.06. The number of nitro benzene ring substituents is 1. The van der Waals surface area contributed by atoms with Gasteiger partial charge in [0.15, 0.2) is 0 Å². The minimum Gasteiger partial charge on any atom is -0.262 e. The van der Waals surface area contributed by atoms with E-state index in [9.17, 15) is 23.8 Å². The lowest BCUT2D eigenvalue weighted by Crippen LogP contribution is -2.54. The smallest absolute Gasteiger partial charge is 0.262 e. The molecule has 0 aromatic heterocycles. The van der Waals surface area contributed by atoms with E-state index in [-0.39, 0.29) is 28.3 Å². The highest BCUT2D eigenvalue weighted by molar-refractivity contribution is 7.86.